The van der Waals surface area contributed by atoms with Crippen LogP contribution in [0.2, 0.25) is 0 Å². The molecule has 2 aromatic rings. The first-order valence-electron chi connectivity index (χ1n) is 6.78. The highest BCUT2D eigenvalue weighted by molar-refractivity contribution is 5.53. The number of anilines is 1. The Balaban J connectivity index is 1.72. The van der Waals surface area contributed by atoms with Gasteiger partial charge in [-0.3, -0.25) is 0 Å². The highest BCUT2D eigenvalue weighted by Crippen LogP contribution is 2.35. The van der Waals surface area contributed by atoms with E-state index in [1.807, 2.05) is 30.7 Å². The lowest BCUT2D eigenvalue weighted by molar-refractivity contribution is 0.394. The smallest absolute Gasteiger partial charge is 0.124 e. The number of hydrogen-bond acceptors (Lipinski definition) is 4. The molecule has 5 nitrogen and oxygen atoms in total. The average molecular weight is 273 g/mol. The van der Waals surface area contributed by atoms with Crippen molar-refractivity contribution in [3.05, 3.63) is 36.4 Å². The molecule has 1 saturated carbocycles. The van der Waals surface area contributed by atoms with E-state index in [-0.39, 0.29) is 0 Å². The van der Waals surface area contributed by atoms with Crippen LogP contribution >= 0.6 is 0 Å². The molecule has 1 aromatic carbocycles. The second-order valence-electron chi connectivity index (χ2n) is 4.98. The van der Waals surface area contributed by atoms with Gasteiger partial charge in [0.15, 0.2) is 0 Å². The van der Waals surface area contributed by atoms with E-state index >= 15 is 0 Å². The van der Waals surface area contributed by atoms with E-state index in [9.17, 15) is 0 Å². The Morgan fingerprint density at radius 3 is 2.50 bits per heavy atom. The Morgan fingerprint density at radius 2 is 1.90 bits per heavy atom. The first-order valence-corrected chi connectivity index (χ1v) is 6.78. The summed E-state index contributed by atoms with van der Waals surface area (Å²) in [7, 11) is 3.31. The maximum Gasteiger partial charge on any atom is 0.124 e. The van der Waals surface area contributed by atoms with Crippen molar-refractivity contribution in [3.8, 4) is 11.5 Å². The molecule has 0 amide bonds. The molecule has 0 unspecified atom stereocenters. The first-order chi connectivity index (χ1) is 9.80. The van der Waals surface area contributed by atoms with Crippen molar-refractivity contribution in [1.29, 1.82) is 0 Å². The second kappa shape index (κ2) is 5.45. The van der Waals surface area contributed by atoms with Gasteiger partial charge in [-0.25, -0.2) is 4.98 Å². The minimum Gasteiger partial charge on any atom is -0.497 e. The van der Waals surface area contributed by atoms with E-state index in [0.29, 0.717) is 6.04 Å². The van der Waals surface area contributed by atoms with Crippen LogP contribution in [0, 0.1) is 0 Å². The number of ether oxygens (including phenoxy) is 2. The van der Waals surface area contributed by atoms with E-state index in [0.717, 1.165) is 23.7 Å². The fourth-order valence-electron chi connectivity index (χ4n) is 2.25. The average Bonchev–Trinajstić information content (AvgIpc) is 3.23. The fourth-order valence-corrected chi connectivity index (χ4v) is 2.25. The third-order valence-corrected chi connectivity index (χ3v) is 3.51. The van der Waals surface area contributed by atoms with Gasteiger partial charge in [-0.15, -0.1) is 0 Å². The van der Waals surface area contributed by atoms with Crippen molar-refractivity contribution >= 4 is 5.69 Å². The first kappa shape index (κ1) is 12.8. The number of imidazole rings is 1. The molecule has 1 N–H and O–H groups in total. The molecular formula is C15H19N3O2. The number of hydrogen-bond donors (Lipinski definition) is 1. The van der Waals surface area contributed by atoms with Gasteiger partial charge in [0.1, 0.15) is 11.5 Å². The SMILES string of the molecule is COc1cc(NCc2cncn2C2CC2)cc(OC)c1. The van der Waals surface area contributed by atoms with Gasteiger partial charge in [-0.05, 0) is 12.8 Å². The summed E-state index contributed by atoms with van der Waals surface area (Å²) in [4.78, 5) is 4.24. The summed E-state index contributed by atoms with van der Waals surface area (Å²) in [6, 6.07) is 6.43. The Labute approximate surface area is 118 Å². The Morgan fingerprint density at radius 1 is 1.20 bits per heavy atom. The van der Waals surface area contributed by atoms with Gasteiger partial charge in [0.25, 0.3) is 0 Å². The Hall–Kier alpha value is -2.17. The third-order valence-electron chi connectivity index (χ3n) is 3.51. The van der Waals surface area contributed by atoms with Gasteiger partial charge in [-0.1, -0.05) is 0 Å². The van der Waals surface area contributed by atoms with Crippen LogP contribution in [0.25, 0.3) is 0 Å². The zero-order valence-electron chi connectivity index (χ0n) is 11.8. The molecule has 0 atom stereocenters. The van der Waals surface area contributed by atoms with Gasteiger partial charge >= 0.3 is 0 Å². The molecule has 0 saturated heterocycles. The zero-order chi connectivity index (χ0) is 13.9. The van der Waals surface area contributed by atoms with Crippen LogP contribution in [-0.4, -0.2) is 23.8 Å². The maximum atomic E-state index is 5.27. The molecule has 1 heterocycles. The van der Waals surface area contributed by atoms with Crippen LogP contribution in [0.5, 0.6) is 11.5 Å². The maximum absolute atomic E-state index is 5.27. The molecule has 0 spiro atoms. The quantitative estimate of drug-likeness (QED) is 0.879. The molecule has 1 aliphatic carbocycles. The highest BCUT2D eigenvalue weighted by atomic mass is 16.5. The third kappa shape index (κ3) is 2.71. The van der Waals surface area contributed by atoms with Crippen molar-refractivity contribution in [2.24, 2.45) is 0 Å². The highest BCUT2D eigenvalue weighted by Gasteiger charge is 2.24. The predicted molar refractivity (Wildman–Crippen MR) is 77.4 cm³/mol. The van der Waals surface area contributed by atoms with E-state index in [1.54, 1.807) is 14.2 Å². The largest absolute Gasteiger partial charge is 0.497 e. The molecule has 20 heavy (non-hydrogen) atoms. The van der Waals surface area contributed by atoms with Crippen LogP contribution in [0.15, 0.2) is 30.7 Å². The van der Waals surface area contributed by atoms with Crippen molar-refractivity contribution in [2.45, 2.75) is 25.4 Å². The molecule has 0 aliphatic heterocycles. The lowest BCUT2D eigenvalue weighted by Crippen LogP contribution is -2.06. The van der Waals surface area contributed by atoms with Crippen molar-refractivity contribution in [3.63, 3.8) is 0 Å². The summed E-state index contributed by atoms with van der Waals surface area (Å²) in [5.74, 6) is 1.56. The fraction of sp³-hybridized carbons (Fsp3) is 0.400. The van der Waals surface area contributed by atoms with Crippen molar-refractivity contribution in [1.82, 2.24) is 9.55 Å². The summed E-state index contributed by atoms with van der Waals surface area (Å²) < 4.78 is 12.8. The molecule has 0 radical (unpaired) electrons. The summed E-state index contributed by atoms with van der Waals surface area (Å²) in [6.07, 6.45) is 6.36. The second-order valence-corrected chi connectivity index (χ2v) is 4.98. The van der Waals surface area contributed by atoms with Crippen LogP contribution in [0.4, 0.5) is 5.69 Å². The monoisotopic (exact) mass is 273 g/mol. The molecule has 0 bridgehead atoms. The molecule has 3 rings (SSSR count). The van der Waals surface area contributed by atoms with Crippen molar-refractivity contribution in [2.75, 3.05) is 19.5 Å². The summed E-state index contributed by atoms with van der Waals surface area (Å²) in [5.41, 5.74) is 2.18. The van der Waals surface area contributed by atoms with Crippen LogP contribution in [-0.2, 0) is 6.54 Å². The summed E-state index contributed by atoms with van der Waals surface area (Å²) >= 11 is 0. The van der Waals surface area contributed by atoms with Crippen molar-refractivity contribution < 1.29 is 9.47 Å². The van der Waals surface area contributed by atoms with Gasteiger partial charge in [0, 0.05) is 36.1 Å². The van der Waals surface area contributed by atoms with Gasteiger partial charge in [0.2, 0.25) is 0 Å². The minimum absolute atomic E-state index is 0.647. The number of nitrogens with zero attached hydrogens (tertiary/aromatic N) is 2. The number of aromatic nitrogens is 2. The molecular weight excluding hydrogens is 254 g/mol. The normalized spacial score (nSPS) is 14.1. The lowest BCUT2D eigenvalue weighted by Gasteiger charge is -2.12. The topological polar surface area (TPSA) is 48.3 Å². The van der Waals surface area contributed by atoms with Crippen LogP contribution in [0.3, 0.4) is 0 Å². The predicted octanol–water partition coefficient (Wildman–Crippen LogP) is 2.85. The van der Waals surface area contributed by atoms with Gasteiger partial charge in [0.05, 0.1) is 32.8 Å². The minimum atomic E-state index is 0.647. The number of benzene rings is 1. The number of nitrogens with one attached hydrogen (secondary N) is 1. The molecule has 106 valence electrons. The van der Waals surface area contributed by atoms with E-state index < -0.39 is 0 Å². The Kier molecular flexibility index (Phi) is 3.50. The Bertz CT molecular complexity index is 568. The summed E-state index contributed by atoms with van der Waals surface area (Å²) in [6.45, 7) is 0.743. The molecule has 1 aliphatic rings. The van der Waals surface area contributed by atoms with Gasteiger partial charge in [-0.2, -0.15) is 0 Å². The molecule has 1 aromatic heterocycles. The van der Waals surface area contributed by atoms with E-state index in [2.05, 4.69) is 14.9 Å². The number of rotatable bonds is 6. The standard InChI is InChI=1S/C15H19N3O2/c1-19-14-5-11(6-15(7-14)20-2)17-9-13-8-16-10-18(13)12-3-4-12/h5-8,10,12,17H,3-4,9H2,1-2H3. The van der Waals surface area contributed by atoms with Crippen LogP contribution in [0.1, 0.15) is 24.6 Å². The van der Waals surface area contributed by atoms with Gasteiger partial charge < -0.3 is 19.4 Å². The molecule has 5 heteroatoms. The van der Waals surface area contributed by atoms with E-state index in [4.69, 9.17) is 9.47 Å². The zero-order valence-corrected chi connectivity index (χ0v) is 11.8. The van der Waals surface area contributed by atoms with E-state index in [1.165, 1.54) is 18.5 Å². The number of methoxy groups -OCH3 is 2. The van der Waals surface area contributed by atoms with Crippen LogP contribution < -0.4 is 14.8 Å². The lowest BCUT2D eigenvalue weighted by atomic mass is 10.2. The summed E-state index contributed by atoms with van der Waals surface area (Å²) in [5, 5.41) is 3.40. The molecule has 1 fully saturated rings.